The van der Waals surface area contributed by atoms with Crippen molar-refractivity contribution >= 4 is 30.0 Å². The summed E-state index contributed by atoms with van der Waals surface area (Å²) in [7, 11) is 0. The minimum absolute atomic E-state index is 0.00583. The fraction of sp³-hybridized carbons (Fsp3) is 0.263. The molecule has 1 N–H and O–H groups in total. The number of carbonyl (C=O) groups is 2. The van der Waals surface area contributed by atoms with Gasteiger partial charge in [0, 0.05) is 23.2 Å². The number of thiol groups is 1. The molecule has 0 bridgehead atoms. The number of unbranched alkanes of at least 4 members (excludes halogenated alkanes) is 2. The van der Waals surface area contributed by atoms with Crippen molar-refractivity contribution in [2.24, 2.45) is 0 Å². The Morgan fingerprint density at radius 3 is 2.13 bits per heavy atom. The normalized spacial score (nSPS) is 10.3. The maximum Gasteiger partial charge on any atom is 0.224 e. The third-order valence-electron chi connectivity index (χ3n) is 3.53. The van der Waals surface area contributed by atoms with E-state index in [-0.39, 0.29) is 11.7 Å². The Morgan fingerprint density at radius 1 is 0.826 bits per heavy atom. The smallest absolute Gasteiger partial charge is 0.224 e. The number of benzene rings is 2. The number of carbonyl (C=O) groups excluding carboxylic acids is 2. The topological polar surface area (TPSA) is 46.2 Å². The first kappa shape index (κ1) is 17.3. The molecule has 2 rings (SSSR count). The van der Waals surface area contributed by atoms with Crippen LogP contribution < -0.4 is 5.32 Å². The first-order chi connectivity index (χ1) is 11.2. The molecule has 0 saturated carbocycles. The predicted molar refractivity (Wildman–Crippen MR) is 97.3 cm³/mol. The molecule has 0 fully saturated rings. The van der Waals surface area contributed by atoms with Crippen molar-refractivity contribution in [3.63, 3.8) is 0 Å². The van der Waals surface area contributed by atoms with Crippen LogP contribution in [0.5, 0.6) is 0 Å². The molecule has 0 unspecified atom stereocenters. The summed E-state index contributed by atoms with van der Waals surface area (Å²) in [5.41, 5.74) is 1.99. The molecule has 23 heavy (non-hydrogen) atoms. The molecule has 0 spiro atoms. The van der Waals surface area contributed by atoms with Gasteiger partial charge in [-0.3, -0.25) is 9.59 Å². The van der Waals surface area contributed by atoms with Gasteiger partial charge in [0.25, 0.3) is 0 Å². The molecule has 0 aromatic heterocycles. The first-order valence-corrected chi connectivity index (χ1v) is 8.44. The summed E-state index contributed by atoms with van der Waals surface area (Å²) < 4.78 is 0. The largest absolute Gasteiger partial charge is 0.326 e. The van der Waals surface area contributed by atoms with Crippen LogP contribution in [0.1, 0.15) is 41.6 Å². The van der Waals surface area contributed by atoms with E-state index < -0.39 is 0 Å². The Balaban J connectivity index is 1.89. The Kier molecular flexibility index (Phi) is 6.88. The molecule has 0 aliphatic carbocycles. The molecule has 0 aliphatic heterocycles. The van der Waals surface area contributed by atoms with Crippen LogP contribution in [0.25, 0.3) is 0 Å². The van der Waals surface area contributed by atoms with E-state index in [9.17, 15) is 9.59 Å². The minimum atomic E-state index is -0.0183. The number of rotatable bonds is 8. The molecular weight excluding hydrogens is 306 g/mol. The fourth-order valence-electron chi connectivity index (χ4n) is 2.26. The molecule has 4 heteroatoms. The maximum atomic E-state index is 12.3. The highest BCUT2D eigenvalue weighted by Crippen LogP contribution is 2.14. The van der Waals surface area contributed by atoms with E-state index in [1.807, 2.05) is 18.2 Å². The lowest BCUT2D eigenvalue weighted by atomic mass is 10.0. The van der Waals surface area contributed by atoms with Crippen molar-refractivity contribution in [2.45, 2.75) is 25.7 Å². The molecule has 0 heterocycles. The Morgan fingerprint density at radius 2 is 1.48 bits per heavy atom. The molecule has 0 saturated heterocycles. The summed E-state index contributed by atoms with van der Waals surface area (Å²) in [6.07, 6.45) is 3.43. The number of hydrogen-bond donors (Lipinski definition) is 2. The van der Waals surface area contributed by atoms with Crippen molar-refractivity contribution in [2.75, 3.05) is 11.1 Å². The lowest BCUT2D eigenvalue weighted by Gasteiger charge is -2.06. The van der Waals surface area contributed by atoms with Gasteiger partial charge < -0.3 is 5.32 Å². The molecule has 120 valence electrons. The molecule has 0 atom stereocenters. The number of ketones is 1. The average Bonchev–Trinajstić information content (AvgIpc) is 2.59. The van der Waals surface area contributed by atoms with Crippen LogP contribution in [0.3, 0.4) is 0 Å². The zero-order valence-electron chi connectivity index (χ0n) is 13.0. The molecular formula is C19H21NO2S. The first-order valence-electron chi connectivity index (χ1n) is 7.81. The second kappa shape index (κ2) is 9.16. The van der Waals surface area contributed by atoms with Crippen LogP contribution in [-0.2, 0) is 4.79 Å². The zero-order chi connectivity index (χ0) is 16.5. The highest BCUT2D eigenvalue weighted by Gasteiger charge is 2.08. The van der Waals surface area contributed by atoms with Gasteiger partial charge in [-0.05, 0) is 42.9 Å². The molecule has 0 aliphatic rings. The molecule has 1 amide bonds. The van der Waals surface area contributed by atoms with Gasteiger partial charge in [-0.1, -0.05) is 36.8 Å². The van der Waals surface area contributed by atoms with Crippen LogP contribution in [-0.4, -0.2) is 17.4 Å². The van der Waals surface area contributed by atoms with Crippen molar-refractivity contribution in [3.05, 3.63) is 65.7 Å². The number of amides is 1. The predicted octanol–water partition coefficient (Wildman–Crippen LogP) is 4.35. The molecule has 3 nitrogen and oxygen atoms in total. The van der Waals surface area contributed by atoms with Gasteiger partial charge in [-0.15, -0.1) is 0 Å². The van der Waals surface area contributed by atoms with E-state index in [1.54, 1.807) is 36.4 Å². The number of hydrogen-bond acceptors (Lipinski definition) is 3. The molecule has 2 aromatic carbocycles. The monoisotopic (exact) mass is 327 g/mol. The lowest BCUT2D eigenvalue weighted by molar-refractivity contribution is -0.116. The second-order valence-electron chi connectivity index (χ2n) is 5.35. The number of nitrogens with one attached hydrogen (secondary N) is 1. The van der Waals surface area contributed by atoms with Gasteiger partial charge >= 0.3 is 0 Å². The SMILES string of the molecule is O=C(CCCCCS)Nc1ccc(C(=O)c2ccccc2)cc1. The quantitative estimate of drug-likeness (QED) is 0.430. The van der Waals surface area contributed by atoms with Crippen LogP contribution in [0, 0.1) is 0 Å². The third-order valence-corrected chi connectivity index (χ3v) is 3.85. The Hall–Kier alpha value is -2.07. The van der Waals surface area contributed by atoms with Crippen molar-refractivity contribution in [3.8, 4) is 0 Å². The van der Waals surface area contributed by atoms with Gasteiger partial charge in [0.1, 0.15) is 0 Å². The Bertz CT molecular complexity index is 638. The van der Waals surface area contributed by atoms with Crippen LogP contribution in [0.4, 0.5) is 5.69 Å². The van der Waals surface area contributed by atoms with Crippen molar-refractivity contribution in [1.82, 2.24) is 0 Å². The van der Waals surface area contributed by atoms with Crippen molar-refractivity contribution in [1.29, 1.82) is 0 Å². The van der Waals surface area contributed by atoms with Crippen LogP contribution >= 0.6 is 12.6 Å². The van der Waals surface area contributed by atoms with Gasteiger partial charge in [0.2, 0.25) is 5.91 Å². The standard InChI is InChI=1S/C19H21NO2S/c21-18(9-5-2-6-14-23)20-17-12-10-16(11-13-17)19(22)15-7-3-1-4-8-15/h1,3-4,7-8,10-13,23H,2,5-6,9,14H2,(H,20,21). The highest BCUT2D eigenvalue weighted by molar-refractivity contribution is 7.80. The lowest BCUT2D eigenvalue weighted by Crippen LogP contribution is -2.11. The van der Waals surface area contributed by atoms with Gasteiger partial charge in [-0.25, -0.2) is 0 Å². The number of anilines is 1. The van der Waals surface area contributed by atoms with E-state index in [0.29, 0.717) is 23.2 Å². The zero-order valence-corrected chi connectivity index (χ0v) is 13.9. The average molecular weight is 327 g/mol. The maximum absolute atomic E-state index is 12.3. The van der Waals surface area contributed by atoms with Crippen LogP contribution in [0.15, 0.2) is 54.6 Å². The highest BCUT2D eigenvalue weighted by atomic mass is 32.1. The molecule has 2 aromatic rings. The van der Waals surface area contributed by atoms with E-state index >= 15 is 0 Å². The van der Waals surface area contributed by atoms with E-state index in [1.165, 1.54) is 0 Å². The summed E-state index contributed by atoms with van der Waals surface area (Å²) in [6, 6.07) is 16.2. The summed E-state index contributed by atoms with van der Waals surface area (Å²) in [5, 5.41) is 2.86. The second-order valence-corrected chi connectivity index (χ2v) is 5.80. The summed E-state index contributed by atoms with van der Waals surface area (Å²) >= 11 is 4.15. The Labute approximate surface area is 142 Å². The molecule has 0 radical (unpaired) electrons. The van der Waals surface area contributed by atoms with E-state index in [2.05, 4.69) is 17.9 Å². The summed E-state index contributed by atoms with van der Waals surface area (Å²) in [5.74, 6) is 0.847. The minimum Gasteiger partial charge on any atom is -0.326 e. The van der Waals surface area contributed by atoms with Gasteiger partial charge in [-0.2, -0.15) is 12.6 Å². The van der Waals surface area contributed by atoms with E-state index in [4.69, 9.17) is 0 Å². The summed E-state index contributed by atoms with van der Waals surface area (Å²) in [4.78, 5) is 24.1. The van der Waals surface area contributed by atoms with Gasteiger partial charge in [0.15, 0.2) is 5.78 Å². The fourth-order valence-corrected chi connectivity index (χ4v) is 2.48. The summed E-state index contributed by atoms with van der Waals surface area (Å²) in [6.45, 7) is 0. The van der Waals surface area contributed by atoms with Gasteiger partial charge in [0.05, 0.1) is 0 Å². The van der Waals surface area contributed by atoms with E-state index in [0.717, 1.165) is 25.0 Å². The van der Waals surface area contributed by atoms with Crippen molar-refractivity contribution < 1.29 is 9.59 Å². The van der Waals surface area contributed by atoms with Crippen LogP contribution in [0.2, 0.25) is 0 Å². The third kappa shape index (κ3) is 5.57.